The van der Waals surface area contributed by atoms with Crippen LogP contribution in [-0.2, 0) is 35.3 Å². The van der Waals surface area contributed by atoms with Crippen LogP contribution < -0.4 is 5.32 Å². The van der Waals surface area contributed by atoms with Gasteiger partial charge in [-0.1, -0.05) is 84.8 Å². The Morgan fingerprint density at radius 2 is 1.75 bits per heavy atom. The molecule has 4 aliphatic heterocycles. The van der Waals surface area contributed by atoms with Gasteiger partial charge in [0.25, 0.3) is 5.91 Å². The van der Waals surface area contributed by atoms with Crippen LogP contribution in [0.5, 0.6) is 0 Å². The Balaban J connectivity index is 1.26. The molecule has 4 aliphatic rings. The van der Waals surface area contributed by atoms with Crippen molar-refractivity contribution in [3.05, 3.63) is 84.5 Å². The highest BCUT2D eigenvalue weighted by Crippen LogP contribution is 2.53. The minimum Gasteiger partial charge on any atom is -0.455 e. The molecule has 0 radical (unpaired) electrons. The second kappa shape index (κ2) is 14.8. The number of ether oxygens (including phenoxy) is 2. The number of likely N-dealkylation sites (tertiary alicyclic amines) is 1. The number of allylic oxidation sites excluding steroid dienone is 1. The van der Waals surface area contributed by atoms with Crippen LogP contribution in [0.25, 0.3) is 11.0 Å². The topological polar surface area (TPSA) is 156 Å². The lowest BCUT2D eigenvalue weighted by atomic mass is 9.77. The predicted molar refractivity (Wildman–Crippen MR) is 185 cm³/mol. The van der Waals surface area contributed by atoms with E-state index >= 15 is 0 Å². The van der Waals surface area contributed by atoms with Crippen molar-refractivity contribution in [1.29, 1.82) is 0 Å². The molecule has 2 N–H and O–H groups in total. The van der Waals surface area contributed by atoms with Crippen molar-refractivity contribution in [1.82, 2.24) is 30.1 Å². The van der Waals surface area contributed by atoms with Gasteiger partial charge in [0.1, 0.15) is 35.9 Å². The SMILES string of the molecule is C[C@@H]1NC(=O)CC/C=C\[C@@H]2O[C@@]34C=CCN(Cn5nnc6ccccc65)C(=O)[C@@H]3N(CCCCCCO)C(=O)[C@H]4[C@@H]2C(=O)O[C@H]1c1ccccc1. The van der Waals surface area contributed by atoms with Crippen molar-refractivity contribution >= 4 is 34.7 Å². The maximum atomic E-state index is 14.8. The number of unbranched alkanes of at least 4 members (excludes halogenated alkanes) is 3. The van der Waals surface area contributed by atoms with Crippen molar-refractivity contribution in [2.75, 3.05) is 19.7 Å². The molecular weight excluding hydrogens is 652 g/mol. The van der Waals surface area contributed by atoms with Crippen molar-refractivity contribution in [3.8, 4) is 0 Å². The molecule has 268 valence electrons. The normalized spacial score (nSPS) is 30.2. The lowest BCUT2D eigenvalue weighted by molar-refractivity contribution is -0.161. The quantitative estimate of drug-likeness (QED) is 0.195. The van der Waals surface area contributed by atoms with Crippen LogP contribution in [0.2, 0.25) is 0 Å². The summed E-state index contributed by atoms with van der Waals surface area (Å²) in [6.07, 6.45) is 8.90. The molecule has 0 saturated carbocycles. The number of aromatic nitrogens is 3. The number of aliphatic hydroxyl groups is 1. The number of nitrogens with zero attached hydrogens (tertiary/aromatic N) is 5. The molecule has 3 aromatic rings. The lowest BCUT2D eigenvalue weighted by Gasteiger charge is -2.35. The molecular formula is C38H44N6O7. The summed E-state index contributed by atoms with van der Waals surface area (Å²) >= 11 is 0. The van der Waals surface area contributed by atoms with E-state index in [4.69, 9.17) is 9.47 Å². The predicted octanol–water partition coefficient (Wildman–Crippen LogP) is 3.06. The summed E-state index contributed by atoms with van der Waals surface area (Å²) in [5, 5.41) is 20.8. The third-order valence-corrected chi connectivity index (χ3v) is 10.5. The number of hydrogen-bond acceptors (Lipinski definition) is 9. The number of carbonyl (C=O) groups is 4. The van der Waals surface area contributed by atoms with Gasteiger partial charge in [0, 0.05) is 26.1 Å². The van der Waals surface area contributed by atoms with Gasteiger partial charge in [-0.25, -0.2) is 4.68 Å². The van der Waals surface area contributed by atoms with Gasteiger partial charge in [-0.3, -0.25) is 19.2 Å². The number of hydrogen-bond donors (Lipinski definition) is 2. The number of esters is 1. The fraction of sp³-hybridized carbons (Fsp3) is 0.474. The van der Waals surface area contributed by atoms with Crippen LogP contribution in [0.4, 0.5) is 0 Å². The highest BCUT2D eigenvalue weighted by Gasteiger charge is 2.71. The number of nitrogens with one attached hydrogen (secondary N) is 1. The number of rotatable bonds is 9. The van der Waals surface area contributed by atoms with Crippen LogP contribution in [-0.4, -0.2) is 97.1 Å². The Morgan fingerprint density at radius 1 is 0.961 bits per heavy atom. The minimum atomic E-state index is -1.45. The second-order valence-electron chi connectivity index (χ2n) is 13.8. The third kappa shape index (κ3) is 6.56. The average molecular weight is 697 g/mol. The maximum Gasteiger partial charge on any atom is 0.313 e. The van der Waals surface area contributed by atoms with E-state index < -0.39 is 47.7 Å². The average Bonchev–Trinajstić information content (AvgIpc) is 3.72. The monoisotopic (exact) mass is 696 g/mol. The zero-order valence-electron chi connectivity index (χ0n) is 28.7. The molecule has 0 bridgehead atoms. The number of fused-ring (bicyclic) bond motifs is 3. The van der Waals surface area contributed by atoms with Crippen molar-refractivity contribution in [2.45, 2.75) is 82.0 Å². The number of para-hydroxylation sites is 1. The molecule has 2 saturated heterocycles. The summed E-state index contributed by atoms with van der Waals surface area (Å²) in [6.45, 7) is 2.50. The molecule has 0 aliphatic carbocycles. The highest BCUT2D eigenvalue weighted by molar-refractivity contribution is 5.99. The largest absolute Gasteiger partial charge is 0.455 e. The Labute approximate surface area is 296 Å². The van der Waals surface area contributed by atoms with Gasteiger partial charge in [0.2, 0.25) is 11.8 Å². The Kier molecular flexibility index (Phi) is 10.0. The first-order valence-corrected chi connectivity index (χ1v) is 17.9. The van der Waals surface area contributed by atoms with Crippen molar-refractivity contribution < 1.29 is 33.8 Å². The van der Waals surface area contributed by atoms with E-state index in [1.807, 2.05) is 60.7 Å². The fourth-order valence-corrected chi connectivity index (χ4v) is 8.05. The van der Waals surface area contributed by atoms with Gasteiger partial charge in [-0.15, -0.1) is 5.10 Å². The number of aliphatic hydroxyl groups excluding tert-OH is 1. The first-order chi connectivity index (χ1) is 24.8. The summed E-state index contributed by atoms with van der Waals surface area (Å²) in [5.41, 5.74) is 0.732. The van der Waals surface area contributed by atoms with E-state index in [9.17, 15) is 24.3 Å². The zero-order chi connectivity index (χ0) is 35.5. The summed E-state index contributed by atoms with van der Waals surface area (Å²) in [6, 6.07) is 15.1. The van der Waals surface area contributed by atoms with Crippen molar-refractivity contribution in [2.24, 2.45) is 11.8 Å². The first-order valence-electron chi connectivity index (χ1n) is 17.9. The van der Waals surface area contributed by atoms with E-state index in [0.29, 0.717) is 30.3 Å². The summed E-state index contributed by atoms with van der Waals surface area (Å²) < 4.78 is 14.8. The molecule has 1 aromatic heterocycles. The first kappa shape index (κ1) is 34.6. The third-order valence-electron chi connectivity index (χ3n) is 10.5. The maximum absolute atomic E-state index is 14.8. The van der Waals surface area contributed by atoms with E-state index in [-0.39, 0.29) is 50.5 Å². The molecule has 2 fully saturated rings. The Morgan fingerprint density at radius 3 is 2.57 bits per heavy atom. The molecule has 7 atom stereocenters. The van der Waals surface area contributed by atoms with Gasteiger partial charge < -0.3 is 29.7 Å². The number of benzene rings is 2. The van der Waals surface area contributed by atoms with Crippen LogP contribution in [0.3, 0.4) is 0 Å². The molecule has 7 rings (SSSR count). The summed E-state index contributed by atoms with van der Waals surface area (Å²) in [5.74, 6) is -3.53. The fourth-order valence-electron chi connectivity index (χ4n) is 8.05. The van der Waals surface area contributed by atoms with Crippen LogP contribution in [0, 0.1) is 11.8 Å². The Bertz CT molecular complexity index is 1830. The zero-order valence-corrected chi connectivity index (χ0v) is 28.7. The Hall–Kier alpha value is -4.88. The molecule has 51 heavy (non-hydrogen) atoms. The highest BCUT2D eigenvalue weighted by atomic mass is 16.6. The van der Waals surface area contributed by atoms with Gasteiger partial charge in [0.15, 0.2) is 0 Å². The van der Waals surface area contributed by atoms with Crippen LogP contribution >= 0.6 is 0 Å². The standard InChI is InChI=1S/C38H44N6O7/c1-25-33(26-14-5-4-6-15-26)50-37(49)31-29(18-9-10-19-30(46)39-25)51-38-20-13-21-42(24-44-28-17-8-7-16-27(28)40-41-44)36(48)34(38)43(35(47)32(31)38)22-11-2-3-12-23-45/h4-9,13-18,20,25,29,31-34,45H,2-3,10-12,19,21-24H2,1H3,(H,39,46)/b18-9-/t25-,29-,31+,32+,33+,34-,38+/m0/s1. The number of amides is 3. The van der Waals surface area contributed by atoms with E-state index in [0.717, 1.165) is 18.4 Å². The van der Waals surface area contributed by atoms with Crippen molar-refractivity contribution in [3.63, 3.8) is 0 Å². The molecule has 13 heteroatoms. The van der Waals surface area contributed by atoms with Gasteiger partial charge >= 0.3 is 5.97 Å². The minimum absolute atomic E-state index is 0.0878. The molecule has 2 aromatic carbocycles. The van der Waals surface area contributed by atoms with Crippen LogP contribution in [0.1, 0.15) is 57.1 Å². The van der Waals surface area contributed by atoms with E-state index in [1.54, 1.807) is 39.6 Å². The summed E-state index contributed by atoms with van der Waals surface area (Å²) in [4.78, 5) is 60.1. The summed E-state index contributed by atoms with van der Waals surface area (Å²) in [7, 11) is 0. The smallest absolute Gasteiger partial charge is 0.313 e. The molecule has 5 heterocycles. The molecule has 3 amide bonds. The van der Waals surface area contributed by atoms with Crippen LogP contribution in [0.15, 0.2) is 78.9 Å². The lowest BCUT2D eigenvalue weighted by Crippen LogP contribution is -2.55. The van der Waals surface area contributed by atoms with Gasteiger partial charge in [0.05, 0.1) is 23.6 Å². The van der Waals surface area contributed by atoms with Gasteiger partial charge in [-0.2, -0.15) is 0 Å². The molecule has 0 unspecified atom stereocenters. The molecule has 1 spiro atoms. The van der Waals surface area contributed by atoms with E-state index in [2.05, 4.69) is 15.6 Å². The number of carbonyl (C=O) groups excluding carboxylic acids is 4. The van der Waals surface area contributed by atoms with Gasteiger partial charge in [-0.05, 0) is 43.9 Å². The molecule has 13 nitrogen and oxygen atoms in total. The number of cyclic esters (lactones) is 1. The second-order valence-corrected chi connectivity index (χ2v) is 13.8. The van der Waals surface area contributed by atoms with E-state index in [1.165, 1.54) is 0 Å².